The van der Waals surface area contributed by atoms with Gasteiger partial charge in [0.05, 0.1) is 5.56 Å². The van der Waals surface area contributed by atoms with Gasteiger partial charge in [0.1, 0.15) is 16.8 Å². The van der Waals surface area contributed by atoms with Gasteiger partial charge in [-0.3, -0.25) is 4.79 Å². The maximum absolute atomic E-state index is 11.0. The van der Waals surface area contributed by atoms with Gasteiger partial charge >= 0.3 is 0 Å². The number of likely N-dealkylation sites (N-methyl/N-ethyl adjacent to an activating group) is 1. The van der Waals surface area contributed by atoms with Crippen LogP contribution in [0.2, 0.25) is 5.15 Å². The smallest absolute Gasteiger partial charge is 0.156 e. The summed E-state index contributed by atoms with van der Waals surface area (Å²) in [4.78, 5) is 21.3. The standard InChI is InChI=1S/C12H19ClN4O/c1-8-15-10(13)9(6-18)11(16-8)14-7-12(2,3)17(4)5/h6H,7H2,1-5H3,(H,14,15,16). The van der Waals surface area contributed by atoms with Crippen molar-refractivity contribution in [3.8, 4) is 0 Å². The van der Waals surface area contributed by atoms with Crippen molar-refractivity contribution in [3.05, 3.63) is 16.5 Å². The summed E-state index contributed by atoms with van der Waals surface area (Å²) in [7, 11) is 4.00. The summed E-state index contributed by atoms with van der Waals surface area (Å²) in [5.74, 6) is 1.02. The van der Waals surface area contributed by atoms with Gasteiger partial charge in [-0.2, -0.15) is 0 Å². The van der Waals surface area contributed by atoms with Crippen molar-refractivity contribution in [2.75, 3.05) is 26.0 Å². The van der Waals surface area contributed by atoms with E-state index in [2.05, 4.69) is 34.0 Å². The van der Waals surface area contributed by atoms with Crippen molar-refractivity contribution in [1.29, 1.82) is 0 Å². The molecule has 0 saturated carbocycles. The quantitative estimate of drug-likeness (QED) is 0.655. The monoisotopic (exact) mass is 270 g/mol. The molecule has 0 unspecified atom stereocenters. The van der Waals surface area contributed by atoms with E-state index in [1.165, 1.54) is 0 Å². The van der Waals surface area contributed by atoms with E-state index in [0.29, 0.717) is 30.0 Å². The second kappa shape index (κ2) is 5.63. The molecule has 1 heterocycles. The number of anilines is 1. The van der Waals surface area contributed by atoms with Gasteiger partial charge in [-0.15, -0.1) is 0 Å². The fourth-order valence-electron chi connectivity index (χ4n) is 1.24. The average Bonchev–Trinajstić information content (AvgIpc) is 2.25. The van der Waals surface area contributed by atoms with Crippen molar-refractivity contribution in [2.45, 2.75) is 26.3 Å². The number of aromatic nitrogens is 2. The van der Waals surface area contributed by atoms with Crippen molar-refractivity contribution in [3.63, 3.8) is 0 Å². The lowest BCUT2D eigenvalue weighted by Gasteiger charge is -2.33. The third kappa shape index (κ3) is 3.40. The zero-order valence-corrected chi connectivity index (χ0v) is 12.2. The Morgan fingerprint density at radius 2 is 2.00 bits per heavy atom. The number of aryl methyl sites for hydroxylation is 1. The Kier molecular flexibility index (Phi) is 4.65. The van der Waals surface area contributed by atoms with Gasteiger partial charge in [0.2, 0.25) is 0 Å². The van der Waals surface area contributed by atoms with Crippen LogP contribution in [0.25, 0.3) is 0 Å². The highest BCUT2D eigenvalue weighted by Gasteiger charge is 2.21. The summed E-state index contributed by atoms with van der Waals surface area (Å²) in [5, 5.41) is 3.34. The maximum atomic E-state index is 11.0. The van der Waals surface area contributed by atoms with Crippen molar-refractivity contribution in [2.24, 2.45) is 0 Å². The SMILES string of the molecule is Cc1nc(Cl)c(C=O)c(NCC(C)(C)N(C)C)n1. The Morgan fingerprint density at radius 1 is 1.39 bits per heavy atom. The number of carbonyl (C=O) groups excluding carboxylic acids is 1. The van der Waals surface area contributed by atoms with Gasteiger partial charge < -0.3 is 10.2 Å². The summed E-state index contributed by atoms with van der Waals surface area (Å²) in [5.41, 5.74) is 0.239. The van der Waals surface area contributed by atoms with E-state index in [1.807, 2.05) is 14.1 Å². The molecular weight excluding hydrogens is 252 g/mol. The van der Waals surface area contributed by atoms with Gasteiger partial charge in [-0.05, 0) is 34.9 Å². The highest BCUT2D eigenvalue weighted by molar-refractivity contribution is 6.32. The molecule has 1 aromatic rings. The van der Waals surface area contributed by atoms with E-state index in [-0.39, 0.29) is 10.7 Å². The molecule has 0 saturated heterocycles. The van der Waals surface area contributed by atoms with E-state index >= 15 is 0 Å². The van der Waals surface area contributed by atoms with Crippen LogP contribution in [0.5, 0.6) is 0 Å². The second-order valence-corrected chi connectivity index (χ2v) is 5.36. The topological polar surface area (TPSA) is 58.1 Å². The first kappa shape index (κ1) is 14.9. The number of halogens is 1. The first-order valence-electron chi connectivity index (χ1n) is 5.68. The van der Waals surface area contributed by atoms with Crippen LogP contribution in [-0.2, 0) is 0 Å². The van der Waals surface area contributed by atoms with Crippen LogP contribution in [0.1, 0.15) is 30.0 Å². The van der Waals surface area contributed by atoms with Gasteiger partial charge in [0.15, 0.2) is 6.29 Å². The molecule has 0 amide bonds. The van der Waals surface area contributed by atoms with Gasteiger partial charge in [0.25, 0.3) is 0 Å². The zero-order valence-electron chi connectivity index (χ0n) is 11.4. The second-order valence-electron chi connectivity index (χ2n) is 5.00. The lowest BCUT2D eigenvalue weighted by Crippen LogP contribution is -2.44. The van der Waals surface area contributed by atoms with Crippen LogP contribution in [0, 0.1) is 6.92 Å². The number of nitrogens with zero attached hydrogens (tertiary/aromatic N) is 3. The first-order chi connectivity index (χ1) is 8.27. The normalized spacial score (nSPS) is 11.7. The molecule has 0 aliphatic rings. The van der Waals surface area contributed by atoms with E-state index < -0.39 is 0 Å². The minimum absolute atomic E-state index is 0.0640. The highest BCUT2D eigenvalue weighted by Crippen LogP contribution is 2.20. The van der Waals surface area contributed by atoms with E-state index in [1.54, 1.807) is 6.92 Å². The molecule has 0 fully saturated rings. The van der Waals surface area contributed by atoms with Crippen LogP contribution < -0.4 is 5.32 Å². The summed E-state index contributed by atoms with van der Waals surface area (Å²) >= 11 is 5.91. The molecule has 1 aromatic heterocycles. The van der Waals surface area contributed by atoms with Crippen molar-refractivity contribution < 1.29 is 4.79 Å². The number of hydrogen-bond donors (Lipinski definition) is 1. The van der Waals surface area contributed by atoms with Crippen LogP contribution >= 0.6 is 11.6 Å². The lowest BCUT2D eigenvalue weighted by atomic mass is 10.0. The Labute approximate surface area is 113 Å². The molecule has 1 rings (SSSR count). The van der Waals surface area contributed by atoms with E-state index in [4.69, 9.17) is 11.6 Å². The molecular formula is C12H19ClN4O. The Hall–Kier alpha value is -1.20. The van der Waals surface area contributed by atoms with Crippen LogP contribution in [-0.4, -0.2) is 47.3 Å². The lowest BCUT2D eigenvalue weighted by molar-refractivity contribution is 0.112. The summed E-state index contributed by atoms with van der Waals surface area (Å²) in [6.07, 6.45) is 0.673. The van der Waals surface area contributed by atoms with Crippen LogP contribution in [0.4, 0.5) is 5.82 Å². The molecule has 1 N–H and O–H groups in total. The van der Waals surface area contributed by atoms with Gasteiger partial charge in [-0.1, -0.05) is 11.6 Å². The van der Waals surface area contributed by atoms with Crippen LogP contribution in [0.3, 0.4) is 0 Å². The summed E-state index contributed by atoms with van der Waals surface area (Å²) in [6.45, 7) is 6.57. The fraction of sp³-hybridized carbons (Fsp3) is 0.583. The third-order valence-electron chi connectivity index (χ3n) is 3.03. The minimum atomic E-state index is -0.0640. The molecule has 0 bridgehead atoms. The predicted molar refractivity (Wildman–Crippen MR) is 73.4 cm³/mol. The molecule has 6 heteroatoms. The summed E-state index contributed by atoms with van der Waals surface area (Å²) in [6, 6.07) is 0. The molecule has 0 atom stereocenters. The predicted octanol–water partition coefficient (Wildman–Crippen LogP) is 2.00. The van der Waals surface area contributed by atoms with E-state index in [0.717, 1.165) is 0 Å². The number of aldehydes is 1. The Morgan fingerprint density at radius 3 is 2.50 bits per heavy atom. The minimum Gasteiger partial charge on any atom is -0.367 e. The number of nitrogens with one attached hydrogen (secondary N) is 1. The highest BCUT2D eigenvalue weighted by atomic mass is 35.5. The zero-order chi connectivity index (χ0) is 13.9. The fourth-order valence-corrected chi connectivity index (χ4v) is 1.50. The number of hydrogen-bond acceptors (Lipinski definition) is 5. The third-order valence-corrected chi connectivity index (χ3v) is 3.32. The first-order valence-corrected chi connectivity index (χ1v) is 6.06. The molecule has 0 aliphatic heterocycles. The van der Waals surface area contributed by atoms with Crippen molar-refractivity contribution in [1.82, 2.24) is 14.9 Å². The van der Waals surface area contributed by atoms with Gasteiger partial charge in [0, 0.05) is 12.1 Å². The maximum Gasteiger partial charge on any atom is 0.156 e. The molecule has 0 radical (unpaired) electrons. The number of rotatable bonds is 5. The molecule has 0 aliphatic carbocycles. The molecule has 0 aromatic carbocycles. The molecule has 0 spiro atoms. The molecule has 18 heavy (non-hydrogen) atoms. The Balaban J connectivity index is 2.94. The van der Waals surface area contributed by atoms with Crippen LogP contribution in [0.15, 0.2) is 0 Å². The molecule has 100 valence electrons. The summed E-state index contributed by atoms with van der Waals surface area (Å²) < 4.78 is 0. The van der Waals surface area contributed by atoms with E-state index in [9.17, 15) is 4.79 Å². The van der Waals surface area contributed by atoms with Crippen molar-refractivity contribution >= 4 is 23.7 Å². The Bertz CT molecular complexity index is 446. The average molecular weight is 271 g/mol. The number of carbonyl (C=O) groups is 1. The largest absolute Gasteiger partial charge is 0.367 e. The molecule has 5 nitrogen and oxygen atoms in total. The van der Waals surface area contributed by atoms with Gasteiger partial charge in [-0.25, -0.2) is 9.97 Å².